The molecular weight excluding hydrogens is 76.1 g/mol. The predicted molar refractivity (Wildman–Crippen MR) is 26.4 cm³/mol. The summed E-state index contributed by atoms with van der Waals surface area (Å²) in [7, 11) is 0. The fourth-order valence-electron chi connectivity index (χ4n) is 0.279. The van der Waals surface area contributed by atoms with Crippen LogP contribution in [-0.4, -0.2) is 12.4 Å². The zero-order valence-electron chi connectivity index (χ0n) is 4.28. The van der Waals surface area contributed by atoms with Crippen molar-refractivity contribution in [2.24, 2.45) is 5.73 Å². The monoisotopic (exact) mass is 87.1 g/mol. The largest absolute Gasteiger partial charge is 0.291 e. The van der Waals surface area contributed by atoms with E-state index >= 15 is 0 Å². The van der Waals surface area contributed by atoms with Crippen LogP contribution >= 0.6 is 0 Å². The number of hydrogen-bond donors (Lipinski definition) is 2. The highest BCUT2D eigenvalue weighted by atomic mass is 14.8. The number of nitrogens with two attached hydrogens (primary N) is 1. The van der Waals surface area contributed by atoms with Crippen molar-refractivity contribution in [3.8, 4) is 0 Å². The SMILES string of the molecule is CC[NH+]=C(C)N. The first-order valence-corrected chi connectivity index (χ1v) is 2.10. The molecule has 0 unspecified atom stereocenters. The van der Waals surface area contributed by atoms with Gasteiger partial charge in [0.25, 0.3) is 0 Å². The van der Waals surface area contributed by atoms with E-state index in [4.69, 9.17) is 5.73 Å². The molecule has 0 aliphatic rings. The summed E-state index contributed by atoms with van der Waals surface area (Å²) in [5.41, 5.74) is 5.21. The first-order valence-electron chi connectivity index (χ1n) is 2.10. The molecule has 0 amide bonds. The molecule has 0 aromatic rings. The van der Waals surface area contributed by atoms with Crippen molar-refractivity contribution in [1.82, 2.24) is 0 Å². The van der Waals surface area contributed by atoms with Crippen molar-refractivity contribution >= 4 is 5.84 Å². The van der Waals surface area contributed by atoms with Gasteiger partial charge in [-0.15, -0.1) is 0 Å². The second kappa shape index (κ2) is 2.69. The van der Waals surface area contributed by atoms with E-state index in [1.807, 2.05) is 13.8 Å². The summed E-state index contributed by atoms with van der Waals surface area (Å²) < 4.78 is 0. The third kappa shape index (κ3) is 3.47. The Balaban J connectivity index is 3.14. The second-order valence-corrected chi connectivity index (χ2v) is 1.21. The van der Waals surface area contributed by atoms with E-state index in [0.29, 0.717) is 0 Å². The van der Waals surface area contributed by atoms with Gasteiger partial charge in [-0.2, -0.15) is 0 Å². The van der Waals surface area contributed by atoms with Crippen molar-refractivity contribution in [1.29, 1.82) is 0 Å². The molecule has 0 heterocycles. The number of rotatable bonds is 1. The number of amidine groups is 1. The lowest BCUT2D eigenvalue weighted by atomic mass is 10.7. The maximum Gasteiger partial charge on any atom is 0.237 e. The van der Waals surface area contributed by atoms with Gasteiger partial charge >= 0.3 is 0 Å². The van der Waals surface area contributed by atoms with E-state index in [2.05, 4.69) is 4.99 Å². The Morgan fingerprint density at radius 1 is 1.83 bits per heavy atom. The standard InChI is InChI=1S/C4H10N2/c1-3-6-4(2)5/h3H2,1-2H3,(H2,5,6)/p+1. The molecular formula is C4H11N2+. The lowest BCUT2D eigenvalue weighted by molar-refractivity contribution is -0.453. The molecule has 0 fully saturated rings. The summed E-state index contributed by atoms with van der Waals surface area (Å²) >= 11 is 0. The molecule has 0 radical (unpaired) electrons. The van der Waals surface area contributed by atoms with Crippen LogP contribution < -0.4 is 10.7 Å². The Kier molecular flexibility index (Phi) is 2.46. The van der Waals surface area contributed by atoms with Crippen molar-refractivity contribution in [2.45, 2.75) is 13.8 Å². The maximum atomic E-state index is 5.21. The smallest absolute Gasteiger partial charge is 0.237 e. The molecule has 0 aliphatic heterocycles. The van der Waals surface area contributed by atoms with Gasteiger partial charge in [0, 0.05) is 6.92 Å². The normalized spacial score (nSPS) is 12.0. The molecule has 0 rings (SSSR count). The van der Waals surface area contributed by atoms with E-state index in [9.17, 15) is 0 Å². The molecule has 0 aromatic heterocycles. The lowest BCUT2D eigenvalue weighted by Gasteiger charge is -1.75. The molecule has 3 N–H and O–H groups in total. The third-order valence-electron chi connectivity index (χ3n) is 0.456. The van der Waals surface area contributed by atoms with Crippen LogP contribution in [-0.2, 0) is 0 Å². The third-order valence-corrected chi connectivity index (χ3v) is 0.456. The highest BCUT2D eigenvalue weighted by molar-refractivity contribution is 5.70. The topological polar surface area (TPSA) is 40.0 Å². The van der Waals surface area contributed by atoms with Crippen LogP contribution in [0.1, 0.15) is 13.8 Å². The van der Waals surface area contributed by atoms with Crippen LogP contribution in [0, 0.1) is 0 Å². The van der Waals surface area contributed by atoms with E-state index in [-0.39, 0.29) is 0 Å². The van der Waals surface area contributed by atoms with Gasteiger partial charge in [-0.05, 0) is 6.92 Å². The van der Waals surface area contributed by atoms with E-state index < -0.39 is 0 Å². The van der Waals surface area contributed by atoms with Gasteiger partial charge in [0.15, 0.2) is 0 Å². The van der Waals surface area contributed by atoms with Gasteiger partial charge < -0.3 is 0 Å². The predicted octanol–water partition coefficient (Wildman–Crippen LogP) is -1.54. The van der Waals surface area contributed by atoms with Crippen molar-refractivity contribution in [3.63, 3.8) is 0 Å². The Bertz CT molecular complexity index is 52.6. The Labute approximate surface area is 38.1 Å². The number of hydrogen-bond acceptors (Lipinski definition) is 0. The first kappa shape index (κ1) is 5.47. The zero-order valence-corrected chi connectivity index (χ0v) is 4.28. The Morgan fingerprint density at radius 2 is 2.33 bits per heavy atom. The fourth-order valence-corrected chi connectivity index (χ4v) is 0.279. The van der Waals surface area contributed by atoms with Crippen LogP contribution in [0.3, 0.4) is 0 Å². The van der Waals surface area contributed by atoms with Crippen LogP contribution in [0.25, 0.3) is 0 Å². The molecule has 6 heavy (non-hydrogen) atoms. The molecule has 0 saturated carbocycles. The zero-order chi connectivity index (χ0) is 4.99. The second-order valence-electron chi connectivity index (χ2n) is 1.21. The minimum absolute atomic E-state index is 0.789. The summed E-state index contributed by atoms with van der Waals surface area (Å²) in [6, 6.07) is 0. The van der Waals surface area contributed by atoms with Crippen LogP contribution in [0.15, 0.2) is 0 Å². The Morgan fingerprint density at radius 3 is 2.33 bits per heavy atom. The average molecular weight is 87.1 g/mol. The number of nitrogens with one attached hydrogen (secondary N) is 1. The molecule has 0 aliphatic carbocycles. The first-order chi connectivity index (χ1) is 2.77. The molecule has 36 valence electrons. The summed E-state index contributed by atoms with van der Waals surface area (Å²) in [5.74, 6) is 0.789. The minimum Gasteiger partial charge on any atom is -0.291 e. The molecule has 0 atom stereocenters. The van der Waals surface area contributed by atoms with Gasteiger partial charge in [-0.3, -0.25) is 10.7 Å². The fraction of sp³-hybridized carbons (Fsp3) is 0.750. The Hall–Kier alpha value is -0.530. The highest BCUT2D eigenvalue weighted by Gasteiger charge is 1.75. The van der Waals surface area contributed by atoms with E-state index in [1.165, 1.54) is 0 Å². The van der Waals surface area contributed by atoms with Crippen LogP contribution in [0.4, 0.5) is 0 Å². The van der Waals surface area contributed by atoms with Crippen molar-refractivity contribution < 1.29 is 4.99 Å². The van der Waals surface area contributed by atoms with Gasteiger partial charge in [0.2, 0.25) is 5.84 Å². The summed E-state index contributed by atoms with van der Waals surface area (Å²) in [6.45, 7) is 4.77. The summed E-state index contributed by atoms with van der Waals surface area (Å²) in [5, 5.41) is 0. The molecule has 2 nitrogen and oxygen atoms in total. The van der Waals surface area contributed by atoms with E-state index in [1.54, 1.807) is 0 Å². The van der Waals surface area contributed by atoms with E-state index in [0.717, 1.165) is 12.4 Å². The van der Waals surface area contributed by atoms with Crippen molar-refractivity contribution in [2.75, 3.05) is 6.54 Å². The molecule has 0 spiro atoms. The summed E-state index contributed by atoms with van der Waals surface area (Å²) in [4.78, 5) is 2.90. The molecule has 0 aromatic carbocycles. The van der Waals surface area contributed by atoms with Gasteiger partial charge in [0.1, 0.15) is 0 Å². The van der Waals surface area contributed by atoms with Crippen LogP contribution in [0.5, 0.6) is 0 Å². The van der Waals surface area contributed by atoms with Crippen LogP contribution in [0.2, 0.25) is 0 Å². The van der Waals surface area contributed by atoms with Gasteiger partial charge in [-0.25, -0.2) is 0 Å². The quantitative estimate of drug-likeness (QED) is 0.295. The van der Waals surface area contributed by atoms with Gasteiger partial charge in [0.05, 0.1) is 6.54 Å². The minimum atomic E-state index is 0.789. The summed E-state index contributed by atoms with van der Waals surface area (Å²) in [6.07, 6.45) is 0. The molecule has 0 bridgehead atoms. The highest BCUT2D eigenvalue weighted by Crippen LogP contribution is 1.31. The van der Waals surface area contributed by atoms with Gasteiger partial charge in [-0.1, -0.05) is 0 Å². The molecule has 0 saturated heterocycles. The maximum absolute atomic E-state index is 5.21. The van der Waals surface area contributed by atoms with Crippen molar-refractivity contribution in [3.05, 3.63) is 0 Å². The molecule has 2 heteroatoms. The lowest BCUT2D eigenvalue weighted by Crippen LogP contribution is -2.73. The average Bonchev–Trinajstić information content (AvgIpc) is 1.35.